The van der Waals surface area contributed by atoms with Crippen LogP contribution in [0, 0.1) is 0 Å². The van der Waals surface area contributed by atoms with Crippen LogP contribution in [0.4, 0.5) is 11.4 Å². The van der Waals surface area contributed by atoms with E-state index >= 15 is 0 Å². The molecule has 0 aliphatic rings. The number of aryl methyl sites for hydroxylation is 1. The SMILES string of the molecule is CCN(C(=O)c1cccc(NC(=O)CCc2ccccc2Cl)c1)c1ccccc1. The van der Waals surface area contributed by atoms with Gasteiger partial charge in [0, 0.05) is 34.9 Å². The molecule has 29 heavy (non-hydrogen) atoms. The minimum atomic E-state index is -0.120. The number of amides is 2. The number of para-hydroxylation sites is 1. The molecule has 0 fully saturated rings. The van der Waals surface area contributed by atoms with Crippen molar-refractivity contribution in [1.29, 1.82) is 0 Å². The maximum atomic E-state index is 13.0. The first-order chi connectivity index (χ1) is 14.1. The zero-order chi connectivity index (χ0) is 20.6. The highest BCUT2D eigenvalue weighted by molar-refractivity contribution is 6.31. The van der Waals surface area contributed by atoms with Crippen molar-refractivity contribution in [3.63, 3.8) is 0 Å². The van der Waals surface area contributed by atoms with E-state index in [4.69, 9.17) is 11.6 Å². The Bertz CT molecular complexity index is 989. The van der Waals surface area contributed by atoms with Crippen LogP contribution in [0.15, 0.2) is 78.9 Å². The minimum Gasteiger partial charge on any atom is -0.326 e. The van der Waals surface area contributed by atoms with Gasteiger partial charge in [0.15, 0.2) is 0 Å². The van der Waals surface area contributed by atoms with Gasteiger partial charge in [-0.25, -0.2) is 0 Å². The highest BCUT2D eigenvalue weighted by Crippen LogP contribution is 2.20. The molecule has 0 spiro atoms. The number of hydrogen-bond donors (Lipinski definition) is 1. The lowest BCUT2D eigenvalue weighted by molar-refractivity contribution is -0.116. The van der Waals surface area contributed by atoms with Crippen LogP contribution in [-0.2, 0) is 11.2 Å². The second-order valence-electron chi connectivity index (χ2n) is 6.61. The third kappa shape index (κ3) is 5.46. The lowest BCUT2D eigenvalue weighted by Gasteiger charge is -2.21. The largest absolute Gasteiger partial charge is 0.326 e. The summed E-state index contributed by atoms with van der Waals surface area (Å²) in [5, 5.41) is 3.53. The van der Waals surface area contributed by atoms with Gasteiger partial charge in [-0.3, -0.25) is 9.59 Å². The second-order valence-corrected chi connectivity index (χ2v) is 7.01. The third-order valence-electron chi connectivity index (χ3n) is 4.60. The predicted molar refractivity (Wildman–Crippen MR) is 119 cm³/mol. The fourth-order valence-electron chi connectivity index (χ4n) is 3.11. The summed E-state index contributed by atoms with van der Waals surface area (Å²) in [6.45, 7) is 2.49. The van der Waals surface area contributed by atoms with Gasteiger partial charge in [-0.15, -0.1) is 0 Å². The molecule has 0 aliphatic carbocycles. The van der Waals surface area contributed by atoms with Crippen molar-refractivity contribution >= 4 is 34.8 Å². The number of hydrogen-bond acceptors (Lipinski definition) is 2. The fourth-order valence-corrected chi connectivity index (χ4v) is 3.34. The van der Waals surface area contributed by atoms with E-state index in [9.17, 15) is 9.59 Å². The van der Waals surface area contributed by atoms with E-state index < -0.39 is 0 Å². The average Bonchev–Trinajstić information content (AvgIpc) is 2.74. The number of benzene rings is 3. The van der Waals surface area contributed by atoms with Crippen molar-refractivity contribution in [2.75, 3.05) is 16.8 Å². The maximum Gasteiger partial charge on any atom is 0.258 e. The Balaban J connectivity index is 1.66. The van der Waals surface area contributed by atoms with Crippen molar-refractivity contribution in [2.24, 2.45) is 0 Å². The Morgan fingerprint density at radius 3 is 2.38 bits per heavy atom. The van der Waals surface area contributed by atoms with Gasteiger partial charge in [0.1, 0.15) is 0 Å². The van der Waals surface area contributed by atoms with Gasteiger partial charge in [0.25, 0.3) is 5.91 Å². The topological polar surface area (TPSA) is 49.4 Å². The normalized spacial score (nSPS) is 10.4. The molecule has 4 nitrogen and oxygen atoms in total. The first-order valence-corrected chi connectivity index (χ1v) is 9.96. The number of nitrogens with one attached hydrogen (secondary N) is 1. The van der Waals surface area contributed by atoms with Crippen molar-refractivity contribution in [3.8, 4) is 0 Å². The second kappa shape index (κ2) is 9.89. The summed E-state index contributed by atoms with van der Waals surface area (Å²) in [6, 6.07) is 24.1. The summed E-state index contributed by atoms with van der Waals surface area (Å²) in [4.78, 5) is 27.0. The molecule has 1 N–H and O–H groups in total. The number of halogens is 1. The third-order valence-corrected chi connectivity index (χ3v) is 4.97. The summed E-state index contributed by atoms with van der Waals surface area (Å²) in [5.74, 6) is -0.226. The van der Waals surface area contributed by atoms with Crippen LogP contribution in [0.2, 0.25) is 5.02 Å². The molecule has 3 rings (SSSR count). The van der Waals surface area contributed by atoms with Gasteiger partial charge >= 0.3 is 0 Å². The van der Waals surface area contributed by atoms with Gasteiger partial charge in [-0.05, 0) is 55.3 Å². The molecule has 2 amide bonds. The summed E-state index contributed by atoms with van der Waals surface area (Å²) in [5.41, 5.74) is 2.91. The molecule has 3 aromatic carbocycles. The minimum absolute atomic E-state index is 0.106. The molecule has 0 radical (unpaired) electrons. The summed E-state index contributed by atoms with van der Waals surface area (Å²) < 4.78 is 0. The average molecular weight is 407 g/mol. The lowest BCUT2D eigenvalue weighted by atomic mass is 10.1. The Morgan fingerprint density at radius 1 is 0.931 bits per heavy atom. The van der Waals surface area contributed by atoms with Crippen LogP contribution in [0.25, 0.3) is 0 Å². The molecule has 148 valence electrons. The fraction of sp³-hybridized carbons (Fsp3) is 0.167. The lowest BCUT2D eigenvalue weighted by Crippen LogP contribution is -2.30. The molecule has 0 atom stereocenters. The highest BCUT2D eigenvalue weighted by Gasteiger charge is 2.16. The van der Waals surface area contributed by atoms with E-state index in [1.165, 1.54) is 0 Å². The molecule has 0 aliphatic heterocycles. The molecule has 0 bridgehead atoms. The molecular formula is C24H23ClN2O2. The Labute approximate surface area is 176 Å². The molecule has 0 unspecified atom stereocenters. The van der Waals surface area contributed by atoms with Crippen LogP contribution in [-0.4, -0.2) is 18.4 Å². The zero-order valence-corrected chi connectivity index (χ0v) is 17.0. The van der Waals surface area contributed by atoms with E-state index in [0.717, 1.165) is 11.3 Å². The van der Waals surface area contributed by atoms with Crippen LogP contribution in [0.1, 0.15) is 29.3 Å². The first kappa shape index (κ1) is 20.6. The van der Waals surface area contributed by atoms with Crippen LogP contribution in [0.3, 0.4) is 0 Å². The summed E-state index contributed by atoms with van der Waals surface area (Å²) >= 11 is 6.14. The van der Waals surface area contributed by atoms with Gasteiger partial charge in [-0.2, -0.15) is 0 Å². The van der Waals surface area contributed by atoms with E-state index in [2.05, 4.69) is 5.32 Å². The van der Waals surface area contributed by atoms with Crippen molar-refractivity contribution in [1.82, 2.24) is 0 Å². The standard InChI is InChI=1S/C24H23ClN2O2/c1-2-27(21-12-4-3-5-13-21)24(29)19-10-8-11-20(17-19)26-23(28)16-15-18-9-6-7-14-22(18)25/h3-14,17H,2,15-16H2,1H3,(H,26,28). The van der Waals surface area contributed by atoms with E-state index in [1.54, 1.807) is 29.2 Å². The molecule has 0 heterocycles. The summed E-state index contributed by atoms with van der Waals surface area (Å²) in [7, 11) is 0. The van der Waals surface area contributed by atoms with E-state index in [0.29, 0.717) is 35.7 Å². The molecule has 0 saturated carbocycles. The van der Waals surface area contributed by atoms with Gasteiger partial charge < -0.3 is 10.2 Å². The number of carbonyl (C=O) groups excluding carboxylic acids is 2. The van der Waals surface area contributed by atoms with Crippen molar-refractivity contribution < 1.29 is 9.59 Å². The smallest absolute Gasteiger partial charge is 0.258 e. The van der Waals surface area contributed by atoms with Crippen molar-refractivity contribution in [2.45, 2.75) is 19.8 Å². The quantitative estimate of drug-likeness (QED) is 0.557. The van der Waals surface area contributed by atoms with E-state index in [1.807, 2.05) is 61.5 Å². The first-order valence-electron chi connectivity index (χ1n) is 9.58. The van der Waals surface area contributed by atoms with Crippen LogP contribution >= 0.6 is 11.6 Å². The molecule has 0 saturated heterocycles. The van der Waals surface area contributed by atoms with Gasteiger partial charge in [0.05, 0.1) is 0 Å². The van der Waals surface area contributed by atoms with Crippen LogP contribution in [0.5, 0.6) is 0 Å². The number of carbonyl (C=O) groups is 2. The predicted octanol–water partition coefficient (Wildman–Crippen LogP) is 5.58. The Kier molecular flexibility index (Phi) is 7.04. The monoisotopic (exact) mass is 406 g/mol. The molecule has 3 aromatic rings. The molecule has 5 heteroatoms. The Hall–Kier alpha value is -3.11. The Morgan fingerprint density at radius 2 is 1.66 bits per heavy atom. The number of nitrogens with zero attached hydrogens (tertiary/aromatic N) is 1. The number of anilines is 2. The van der Waals surface area contributed by atoms with Crippen LogP contribution < -0.4 is 10.2 Å². The summed E-state index contributed by atoms with van der Waals surface area (Å²) in [6.07, 6.45) is 0.870. The van der Waals surface area contributed by atoms with Crippen molar-refractivity contribution in [3.05, 3.63) is 95.0 Å². The molecular weight excluding hydrogens is 384 g/mol. The van der Waals surface area contributed by atoms with Gasteiger partial charge in [0.2, 0.25) is 5.91 Å². The maximum absolute atomic E-state index is 13.0. The number of rotatable bonds is 7. The highest BCUT2D eigenvalue weighted by atomic mass is 35.5. The molecule has 0 aromatic heterocycles. The zero-order valence-electron chi connectivity index (χ0n) is 16.3. The van der Waals surface area contributed by atoms with E-state index in [-0.39, 0.29) is 11.8 Å². The van der Waals surface area contributed by atoms with Gasteiger partial charge in [-0.1, -0.05) is 54.1 Å².